The average Bonchev–Trinajstić information content (AvgIpc) is 2.58. The molecule has 1 fully saturated rings. The Kier molecular flexibility index (Phi) is 5.89. The molecule has 9 heteroatoms. The number of carbonyl (C=O) groups is 2. The van der Waals surface area contributed by atoms with Gasteiger partial charge in [-0.15, -0.1) is 0 Å². The SMILES string of the molecule is COC(=O)C1CCCN(C(=O)c2ccnc(CNS(C)(=O)=O)c2)C1. The van der Waals surface area contributed by atoms with E-state index < -0.39 is 10.0 Å². The maximum absolute atomic E-state index is 12.6. The number of hydrogen-bond donors (Lipinski definition) is 1. The Bertz CT molecular complexity index is 720. The second kappa shape index (κ2) is 7.71. The molecule has 1 N–H and O–H groups in total. The van der Waals surface area contributed by atoms with E-state index in [4.69, 9.17) is 4.74 Å². The molecule has 1 aliphatic rings. The number of nitrogens with one attached hydrogen (secondary N) is 1. The number of sulfonamides is 1. The minimum atomic E-state index is -3.33. The Morgan fingerprint density at radius 2 is 2.21 bits per heavy atom. The molecule has 1 saturated heterocycles. The van der Waals surface area contributed by atoms with Crippen molar-refractivity contribution >= 4 is 21.9 Å². The Balaban J connectivity index is 2.07. The van der Waals surface area contributed by atoms with E-state index in [1.165, 1.54) is 13.3 Å². The Morgan fingerprint density at radius 1 is 1.46 bits per heavy atom. The van der Waals surface area contributed by atoms with Crippen LogP contribution in [0.1, 0.15) is 28.9 Å². The number of carbonyl (C=O) groups excluding carboxylic acids is 2. The molecule has 0 radical (unpaired) electrons. The van der Waals surface area contributed by atoms with Crippen molar-refractivity contribution in [3.05, 3.63) is 29.6 Å². The molecule has 0 spiro atoms. The van der Waals surface area contributed by atoms with Gasteiger partial charge in [-0.3, -0.25) is 14.6 Å². The fraction of sp³-hybridized carbons (Fsp3) is 0.533. The highest BCUT2D eigenvalue weighted by Crippen LogP contribution is 2.19. The molecule has 2 rings (SSSR count). The second-order valence-electron chi connectivity index (χ2n) is 5.74. The van der Waals surface area contributed by atoms with Crippen LogP contribution < -0.4 is 4.72 Å². The fourth-order valence-corrected chi connectivity index (χ4v) is 3.03. The topological polar surface area (TPSA) is 106 Å². The molecule has 1 aromatic heterocycles. The van der Waals surface area contributed by atoms with Crippen molar-refractivity contribution in [2.75, 3.05) is 26.5 Å². The molecule has 2 heterocycles. The van der Waals surface area contributed by atoms with Gasteiger partial charge in [0.2, 0.25) is 10.0 Å². The van der Waals surface area contributed by atoms with Gasteiger partial charge in [-0.05, 0) is 25.0 Å². The lowest BCUT2D eigenvalue weighted by atomic mass is 9.97. The van der Waals surface area contributed by atoms with Crippen LogP contribution in [0, 0.1) is 5.92 Å². The highest BCUT2D eigenvalue weighted by Gasteiger charge is 2.29. The van der Waals surface area contributed by atoms with Crippen LogP contribution in [0.4, 0.5) is 0 Å². The number of ether oxygens (including phenoxy) is 1. The van der Waals surface area contributed by atoms with Gasteiger partial charge in [-0.2, -0.15) is 0 Å². The van der Waals surface area contributed by atoms with Crippen molar-refractivity contribution in [2.45, 2.75) is 19.4 Å². The number of pyridine rings is 1. The minimum absolute atomic E-state index is 0.0186. The maximum atomic E-state index is 12.6. The van der Waals surface area contributed by atoms with Gasteiger partial charge in [0.15, 0.2) is 0 Å². The van der Waals surface area contributed by atoms with Crippen LogP contribution >= 0.6 is 0 Å². The highest BCUT2D eigenvalue weighted by molar-refractivity contribution is 7.88. The van der Waals surface area contributed by atoms with E-state index >= 15 is 0 Å². The Labute approximate surface area is 141 Å². The van der Waals surface area contributed by atoms with E-state index in [1.807, 2.05) is 0 Å². The van der Waals surface area contributed by atoms with Crippen molar-refractivity contribution in [3.63, 3.8) is 0 Å². The summed E-state index contributed by atoms with van der Waals surface area (Å²) in [5.41, 5.74) is 0.869. The molecule has 8 nitrogen and oxygen atoms in total. The zero-order valence-electron chi connectivity index (χ0n) is 13.7. The number of methoxy groups -OCH3 is 1. The lowest BCUT2D eigenvalue weighted by Gasteiger charge is -2.31. The van der Waals surface area contributed by atoms with Gasteiger partial charge in [-0.1, -0.05) is 0 Å². The largest absolute Gasteiger partial charge is 0.469 e. The van der Waals surface area contributed by atoms with Crippen LogP contribution in [0.25, 0.3) is 0 Å². The fourth-order valence-electron chi connectivity index (χ4n) is 2.62. The molecule has 1 unspecified atom stereocenters. The van der Waals surface area contributed by atoms with Gasteiger partial charge >= 0.3 is 5.97 Å². The number of amides is 1. The molecule has 0 saturated carbocycles. The Morgan fingerprint density at radius 3 is 2.88 bits per heavy atom. The monoisotopic (exact) mass is 355 g/mol. The number of rotatable bonds is 5. The number of aromatic nitrogens is 1. The summed E-state index contributed by atoms with van der Waals surface area (Å²) in [7, 11) is -1.99. The van der Waals surface area contributed by atoms with Gasteiger partial charge in [0.05, 0.1) is 31.5 Å². The molecule has 1 aromatic rings. The average molecular weight is 355 g/mol. The number of hydrogen-bond acceptors (Lipinski definition) is 6. The van der Waals surface area contributed by atoms with Crippen LogP contribution in [-0.2, 0) is 26.1 Å². The summed E-state index contributed by atoms with van der Waals surface area (Å²) in [5, 5.41) is 0. The van der Waals surface area contributed by atoms with E-state index in [9.17, 15) is 18.0 Å². The Hall–Kier alpha value is -2.00. The molecule has 1 aliphatic heterocycles. The number of likely N-dealkylation sites (tertiary alicyclic amines) is 1. The number of esters is 1. The summed E-state index contributed by atoms with van der Waals surface area (Å²) in [5.74, 6) is -0.812. The van der Waals surface area contributed by atoms with Crippen LogP contribution in [0.3, 0.4) is 0 Å². The third-order valence-corrected chi connectivity index (χ3v) is 4.49. The summed E-state index contributed by atoms with van der Waals surface area (Å²) < 4.78 is 29.4. The first-order valence-electron chi connectivity index (χ1n) is 7.57. The van der Waals surface area contributed by atoms with E-state index in [1.54, 1.807) is 17.0 Å². The molecule has 0 aliphatic carbocycles. The van der Waals surface area contributed by atoms with E-state index in [-0.39, 0.29) is 24.3 Å². The van der Waals surface area contributed by atoms with E-state index in [0.29, 0.717) is 30.8 Å². The van der Waals surface area contributed by atoms with Gasteiger partial charge in [0, 0.05) is 24.8 Å². The first-order valence-corrected chi connectivity index (χ1v) is 9.46. The molecule has 0 bridgehead atoms. The van der Waals surface area contributed by atoms with Crippen LogP contribution in [0.5, 0.6) is 0 Å². The number of piperidine rings is 1. The lowest BCUT2D eigenvalue weighted by Crippen LogP contribution is -2.42. The summed E-state index contributed by atoms with van der Waals surface area (Å²) in [4.78, 5) is 30.0. The first-order chi connectivity index (χ1) is 11.3. The maximum Gasteiger partial charge on any atom is 0.310 e. The lowest BCUT2D eigenvalue weighted by molar-refractivity contribution is -0.146. The van der Waals surface area contributed by atoms with Gasteiger partial charge < -0.3 is 9.64 Å². The normalized spacial score (nSPS) is 18.2. The van der Waals surface area contributed by atoms with Crippen molar-refractivity contribution in [1.29, 1.82) is 0 Å². The van der Waals surface area contributed by atoms with Crippen LogP contribution in [-0.4, -0.2) is 56.6 Å². The molecule has 1 atom stereocenters. The van der Waals surface area contributed by atoms with Crippen LogP contribution in [0.2, 0.25) is 0 Å². The molecule has 24 heavy (non-hydrogen) atoms. The summed E-state index contributed by atoms with van der Waals surface area (Å²) in [6.45, 7) is 0.918. The van der Waals surface area contributed by atoms with E-state index in [0.717, 1.165) is 12.7 Å². The highest BCUT2D eigenvalue weighted by atomic mass is 32.2. The standard InChI is InChI=1S/C15H21N3O5S/c1-23-15(20)12-4-3-7-18(10-12)14(19)11-5-6-16-13(8-11)9-17-24(2,21)22/h5-6,8,12,17H,3-4,7,9-10H2,1-2H3. The molecule has 1 amide bonds. The summed E-state index contributed by atoms with van der Waals surface area (Å²) in [6.07, 6.45) is 3.96. The molecular formula is C15H21N3O5S. The smallest absolute Gasteiger partial charge is 0.310 e. The number of nitrogens with zero attached hydrogens (tertiary/aromatic N) is 2. The van der Waals surface area contributed by atoms with Gasteiger partial charge in [-0.25, -0.2) is 13.1 Å². The first kappa shape index (κ1) is 18.3. The van der Waals surface area contributed by atoms with Crippen molar-refractivity contribution in [2.24, 2.45) is 5.92 Å². The van der Waals surface area contributed by atoms with E-state index in [2.05, 4.69) is 9.71 Å². The zero-order valence-corrected chi connectivity index (χ0v) is 14.5. The summed E-state index contributed by atoms with van der Waals surface area (Å²) in [6, 6.07) is 3.14. The predicted octanol–water partition coefficient (Wildman–Crippen LogP) is 0.156. The molecular weight excluding hydrogens is 334 g/mol. The second-order valence-corrected chi connectivity index (χ2v) is 7.58. The van der Waals surface area contributed by atoms with Crippen LogP contribution in [0.15, 0.2) is 18.3 Å². The van der Waals surface area contributed by atoms with Crippen molar-refractivity contribution in [1.82, 2.24) is 14.6 Å². The van der Waals surface area contributed by atoms with Crippen molar-refractivity contribution in [3.8, 4) is 0 Å². The zero-order chi connectivity index (χ0) is 17.7. The quantitative estimate of drug-likeness (QED) is 0.754. The third-order valence-electron chi connectivity index (χ3n) is 3.82. The third kappa shape index (κ3) is 5.00. The summed E-state index contributed by atoms with van der Waals surface area (Å²) >= 11 is 0. The van der Waals surface area contributed by atoms with Gasteiger partial charge in [0.25, 0.3) is 5.91 Å². The molecule has 0 aromatic carbocycles. The minimum Gasteiger partial charge on any atom is -0.469 e. The van der Waals surface area contributed by atoms with Crippen molar-refractivity contribution < 1.29 is 22.7 Å². The van der Waals surface area contributed by atoms with Gasteiger partial charge in [0.1, 0.15) is 0 Å². The molecule has 132 valence electrons. The predicted molar refractivity (Wildman–Crippen MR) is 86.6 cm³/mol.